The molecule has 4 nitrogen and oxygen atoms in total. The maximum absolute atomic E-state index is 11.1. The van der Waals surface area contributed by atoms with Crippen LogP contribution in [0.25, 0.3) is 0 Å². The number of aliphatic carboxylic acids is 1. The van der Waals surface area contributed by atoms with Crippen molar-refractivity contribution in [1.29, 1.82) is 0 Å². The van der Waals surface area contributed by atoms with Crippen LogP contribution < -0.4 is 0 Å². The van der Waals surface area contributed by atoms with E-state index in [1.807, 2.05) is 19.9 Å². The van der Waals surface area contributed by atoms with Gasteiger partial charge in [0.15, 0.2) is 0 Å². The number of aliphatic imine (C=N–C) groups is 1. The van der Waals surface area contributed by atoms with Crippen LogP contribution >= 0.6 is 0 Å². The first-order valence-corrected chi connectivity index (χ1v) is 5.72. The van der Waals surface area contributed by atoms with Crippen LogP contribution in [0.5, 0.6) is 0 Å². The Morgan fingerprint density at radius 1 is 1.56 bits per heavy atom. The Morgan fingerprint density at radius 2 is 2.25 bits per heavy atom. The summed E-state index contributed by atoms with van der Waals surface area (Å²) in [6.45, 7) is 4.01. The summed E-state index contributed by atoms with van der Waals surface area (Å²) in [5.41, 5.74) is 0.225. The monoisotopic (exact) mass is 223 g/mol. The Labute approximate surface area is 95.0 Å². The third-order valence-electron chi connectivity index (χ3n) is 2.97. The molecular formula is C12H17NO3. The van der Waals surface area contributed by atoms with Crippen LogP contribution in [0.1, 0.15) is 26.7 Å². The Balaban J connectivity index is 2.16. The van der Waals surface area contributed by atoms with E-state index in [0.717, 1.165) is 12.8 Å². The Hall–Kier alpha value is -1.16. The zero-order chi connectivity index (χ0) is 11.7. The number of ether oxygens (including phenoxy) is 1. The molecule has 0 saturated heterocycles. The second-order valence-electron chi connectivity index (χ2n) is 4.73. The third kappa shape index (κ3) is 2.32. The number of hydrogen-bond donors (Lipinski definition) is 1. The molecule has 88 valence electrons. The summed E-state index contributed by atoms with van der Waals surface area (Å²) < 4.78 is 5.83. The first-order valence-electron chi connectivity index (χ1n) is 5.72. The summed E-state index contributed by atoms with van der Waals surface area (Å²) >= 11 is 0. The zero-order valence-electron chi connectivity index (χ0n) is 9.59. The molecule has 0 spiro atoms. The molecule has 1 heterocycles. The van der Waals surface area contributed by atoms with Crippen molar-refractivity contribution >= 4 is 11.7 Å². The highest BCUT2D eigenvalue weighted by molar-refractivity contribution is 6.37. The molecule has 4 heteroatoms. The van der Waals surface area contributed by atoms with E-state index < -0.39 is 5.97 Å². The molecule has 0 bridgehead atoms. The maximum atomic E-state index is 11.1. The highest BCUT2D eigenvalue weighted by atomic mass is 16.5. The minimum absolute atomic E-state index is 0.129. The fourth-order valence-electron chi connectivity index (χ4n) is 2.02. The van der Waals surface area contributed by atoms with Gasteiger partial charge in [0.1, 0.15) is 5.71 Å². The average molecular weight is 223 g/mol. The van der Waals surface area contributed by atoms with Crippen LogP contribution in [0.3, 0.4) is 0 Å². The second kappa shape index (κ2) is 4.37. The predicted molar refractivity (Wildman–Crippen MR) is 60.4 cm³/mol. The largest absolute Gasteiger partial charge is 0.477 e. The molecule has 2 atom stereocenters. The van der Waals surface area contributed by atoms with E-state index in [2.05, 4.69) is 4.99 Å². The minimum atomic E-state index is -0.938. The molecular weight excluding hydrogens is 206 g/mol. The molecule has 16 heavy (non-hydrogen) atoms. The predicted octanol–water partition coefficient (Wildman–Crippen LogP) is 1.86. The van der Waals surface area contributed by atoms with E-state index in [9.17, 15) is 4.79 Å². The quantitative estimate of drug-likeness (QED) is 0.791. The lowest BCUT2D eigenvalue weighted by Gasteiger charge is -2.29. The lowest BCUT2D eigenvalue weighted by molar-refractivity contribution is -0.130. The van der Waals surface area contributed by atoms with E-state index >= 15 is 0 Å². The number of carbonyl (C=O) groups is 1. The van der Waals surface area contributed by atoms with Gasteiger partial charge in [0.2, 0.25) is 0 Å². The van der Waals surface area contributed by atoms with Crippen molar-refractivity contribution in [3.05, 3.63) is 12.3 Å². The zero-order valence-corrected chi connectivity index (χ0v) is 9.59. The van der Waals surface area contributed by atoms with Gasteiger partial charge in [-0.25, -0.2) is 4.79 Å². The lowest BCUT2D eigenvalue weighted by Crippen LogP contribution is -2.39. The average Bonchev–Trinajstić information content (AvgIpc) is 3.00. The molecule has 1 aliphatic heterocycles. The van der Waals surface area contributed by atoms with Gasteiger partial charge in [0, 0.05) is 12.1 Å². The van der Waals surface area contributed by atoms with Crippen molar-refractivity contribution in [2.45, 2.75) is 38.9 Å². The fourth-order valence-corrected chi connectivity index (χ4v) is 2.02. The van der Waals surface area contributed by atoms with Crippen molar-refractivity contribution in [2.75, 3.05) is 0 Å². The molecule has 1 aliphatic carbocycles. The summed E-state index contributed by atoms with van der Waals surface area (Å²) in [4.78, 5) is 15.1. The lowest BCUT2D eigenvalue weighted by atomic mass is 9.84. The SMILES string of the molecule is CC(C)C1C(C(=O)O)=NC=CC1OC1CC1. The van der Waals surface area contributed by atoms with Crippen molar-refractivity contribution in [2.24, 2.45) is 16.8 Å². The van der Waals surface area contributed by atoms with Gasteiger partial charge >= 0.3 is 5.97 Å². The highest BCUT2D eigenvalue weighted by Crippen LogP contribution is 2.32. The van der Waals surface area contributed by atoms with Crippen molar-refractivity contribution < 1.29 is 14.6 Å². The number of carboxylic acid groups (broad SMARTS) is 1. The summed E-state index contributed by atoms with van der Waals surface area (Å²) in [7, 11) is 0. The second-order valence-corrected chi connectivity index (χ2v) is 4.73. The Morgan fingerprint density at radius 3 is 2.75 bits per heavy atom. The number of carboxylic acids is 1. The number of nitrogens with zero attached hydrogens (tertiary/aromatic N) is 1. The fraction of sp³-hybridized carbons (Fsp3) is 0.667. The van der Waals surface area contributed by atoms with Crippen LogP contribution in [0.4, 0.5) is 0 Å². The van der Waals surface area contributed by atoms with Gasteiger partial charge in [-0.1, -0.05) is 13.8 Å². The van der Waals surface area contributed by atoms with Crippen LogP contribution in [-0.2, 0) is 9.53 Å². The first-order chi connectivity index (χ1) is 7.59. The van der Waals surface area contributed by atoms with Gasteiger partial charge in [-0.05, 0) is 24.8 Å². The third-order valence-corrected chi connectivity index (χ3v) is 2.97. The van der Waals surface area contributed by atoms with E-state index in [0.29, 0.717) is 6.10 Å². The van der Waals surface area contributed by atoms with Gasteiger partial charge in [-0.3, -0.25) is 4.99 Å². The molecule has 1 fully saturated rings. The van der Waals surface area contributed by atoms with Gasteiger partial charge in [-0.2, -0.15) is 0 Å². The summed E-state index contributed by atoms with van der Waals surface area (Å²) in [5.74, 6) is -0.862. The van der Waals surface area contributed by atoms with Gasteiger partial charge < -0.3 is 9.84 Å². The summed E-state index contributed by atoms with van der Waals surface area (Å²) in [6, 6.07) is 0. The van der Waals surface area contributed by atoms with Gasteiger partial charge in [-0.15, -0.1) is 0 Å². The molecule has 2 aliphatic rings. The van der Waals surface area contributed by atoms with Crippen molar-refractivity contribution in [3.8, 4) is 0 Å². The van der Waals surface area contributed by atoms with E-state index in [4.69, 9.17) is 9.84 Å². The first kappa shape index (κ1) is 11.3. The maximum Gasteiger partial charge on any atom is 0.350 e. The standard InChI is InChI=1S/C12H17NO3/c1-7(2)10-9(16-8-3-4-8)5-6-13-11(10)12(14)15/h5-10H,3-4H2,1-2H3,(H,14,15). The molecule has 0 aromatic rings. The minimum Gasteiger partial charge on any atom is -0.477 e. The molecule has 2 rings (SSSR count). The molecule has 0 aromatic heterocycles. The smallest absolute Gasteiger partial charge is 0.350 e. The van der Waals surface area contributed by atoms with Crippen molar-refractivity contribution in [1.82, 2.24) is 0 Å². The molecule has 0 aromatic carbocycles. The Bertz CT molecular complexity index is 342. The van der Waals surface area contributed by atoms with E-state index in [1.54, 1.807) is 6.20 Å². The number of hydrogen-bond acceptors (Lipinski definition) is 3. The number of rotatable bonds is 4. The highest BCUT2D eigenvalue weighted by Gasteiger charge is 2.37. The molecule has 2 unspecified atom stereocenters. The van der Waals surface area contributed by atoms with Crippen LogP contribution in [0.15, 0.2) is 17.3 Å². The molecule has 1 N–H and O–H groups in total. The van der Waals surface area contributed by atoms with Gasteiger partial charge in [0.05, 0.1) is 12.2 Å². The summed E-state index contributed by atoms with van der Waals surface area (Å²) in [5, 5.41) is 9.10. The van der Waals surface area contributed by atoms with Crippen LogP contribution in [0, 0.1) is 11.8 Å². The van der Waals surface area contributed by atoms with E-state index in [1.165, 1.54) is 0 Å². The van der Waals surface area contributed by atoms with Crippen LogP contribution in [0.2, 0.25) is 0 Å². The summed E-state index contributed by atoms with van der Waals surface area (Å²) in [6.07, 6.45) is 5.80. The molecule has 0 amide bonds. The topological polar surface area (TPSA) is 58.9 Å². The molecule has 1 saturated carbocycles. The molecule has 0 radical (unpaired) electrons. The van der Waals surface area contributed by atoms with Crippen LogP contribution in [-0.4, -0.2) is 29.0 Å². The van der Waals surface area contributed by atoms with E-state index in [-0.39, 0.29) is 23.7 Å². The Kier molecular flexibility index (Phi) is 3.10. The van der Waals surface area contributed by atoms with Gasteiger partial charge in [0.25, 0.3) is 0 Å². The normalized spacial score (nSPS) is 29.3. The van der Waals surface area contributed by atoms with Crippen molar-refractivity contribution in [3.63, 3.8) is 0 Å².